The highest BCUT2D eigenvalue weighted by Crippen LogP contribution is 2.21. The van der Waals surface area contributed by atoms with Gasteiger partial charge in [-0.2, -0.15) is 0 Å². The summed E-state index contributed by atoms with van der Waals surface area (Å²) in [6, 6.07) is 6.66. The quantitative estimate of drug-likeness (QED) is 0.813. The topological polar surface area (TPSA) is 72.2 Å². The van der Waals surface area contributed by atoms with Gasteiger partial charge in [-0.25, -0.2) is 13.1 Å². The molecule has 21 heavy (non-hydrogen) atoms. The number of sulfonamides is 1. The van der Waals surface area contributed by atoms with E-state index in [-0.39, 0.29) is 10.9 Å². The lowest BCUT2D eigenvalue weighted by Gasteiger charge is -2.25. The minimum Gasteiger partial charge on any atom is -0.324 e. The number of benzene rings is 1. The summed E-state index contributed by atoms with van der Waals surface area (Å²) in [6.45, 7) is 10.8. The Labute approximate surface area is 129 Å². The predicted octanol–water partition coefficient (Wildman–Crippen LogP) is 2.91. The van der Waals surface area contributed by atoms with Gasteiger partial charge >= 0.3 is 0 Å². The monoisotopic (exact) mass is 312 g/mol. The molecule has 1 atom stereocenters. The van der Waals surface area contributed by atoms with Crippen LogP contribution >= 0.6 is 0 Å². The number of nitrogens with two attached hydrogens (primary N) is 1. The van der Waals surface area contributed by atoms with Crippen LogP contribution in [0.1, 0.15) is 46.2 Å². The van der Waals surface area contributed by atoms with Gasteiger partial charge in [0.15, 0.2) is 0 Å². The van der Waals surface area contributed by atoms with Gasteiger partial charge in [-0.05, 0) is 42.4 Å². The average Bonchev–Trinajstić information content (AvgIpc) is 2.38. The Kier molecular flexibility index (Phi) is 6.38. The third-order valence-electron chi connectivity index (χ3n) is 3.94. The van der Waals surface area contributed by atoms with E-state index >= 15 is 0 Å². The lowest BCUT2D eigenvalue weighted by molar-refractivity contribution is 0.289. The molecule has 3 N–H and O–H groups in total. The van der Waals surface area contributed by atoms with Gasteiger partial charge in [-0.1, -0.05) is 39.8 Å². The minimum atomic E-state index is -3.46. The van der Waals surface area contributed by atoms with E-state index in [1.165, 1.54) is 0 Å². The Morgan fingerprint density at radius 3 is 1.86 bits per heavy atom. The molecule has 0 aliphatic rings. The van der Waals surface area contributed by atoms with Crippen molar-refractivity contribution < 1.29 is 8.42 Å². The van der Waals surface area contributed by atoms with Gasteiger partial charge in [0.1, 0.15) is 0 Å². The van der Waals surface area contributed by atoms with Crippen LogP contribution in [0.25, 0.3) is 0 Å². The lowest BCUT2D eigenvalue weighted by Crippen LogP contribution is -2.34. The van der Waals surface area contributed by atoms with Gasteiger partial charge in [0.25, 0.3) is 0 Å². The molecule has 0 aliphatic carbocycles. The van der Waals surface area contributed by atoms with Crippen molar-refractivity contribution in [3.63, 3.8) is 0 Å². The smallest absolute Gasteiger partial charge is 0.240 e. The second kappa shape index (κ2) is 7.38. The Hall–Kier alpha value is -0.910. The molecule has 0 fully saturated rings. The molecule has 0 aromatic heterocycles. The standard InChI is InChI=1S/C16H28N2O2S/c1-11(2)16(12(3)4)10-18-21(19,20)15-8-6-14(7-9-15)13(5)17/h6-9,11-13,16,18H,10,17H2,1-5H3. The van der Waals surface area contributed by atoms with Gasteiger partial charge in [0.05, 0.1) is 4.90 Å². The van der Waals surface area contributed by atoms with Gasteiger partial charge in [-0.3, -0.25) is 0 Å². The van der Waals surface area contributed by atoms with Gasteiger partial charge in [0, 0.05) is 12.6 Å². The van der Waals surface area contributed by atoms with E-state index in [1.54, 1.807) is 24.3 Å². The van der Waals surface area contributed by atoms with E-state index in [0.717, 1.165) is 5.56 Å². The Morgan fingerprint density at radius 1 is 1.00 bits per heavy atom. The molecule has 0 spiro atoms. The van der Waals surface area contributed by atoms with E-state index < -0.39 is 10.0 Å². The first kappa shape index (κ1) is 18.1. The van der Waals surface area contributed by atoms with Crippen LogP contribution < -0.4 is 10.5 Å². The van der Waals surface area contributed by atoms with Crippen LogP contribution in [0.5, 0.6) is 0 Å². The largest absolute Gasteiger partial charge is 0.324 e. The van der Waals surface area contributed by atoms with E-state index in [0.29, 0.717) is 24.3 Å². The predicted molar refractivity (Wildman–Crippen MR) is 87.4 cm³/mol. The molecule has 0 saturated heterocycles. The molecule has 0 amide bonds. The van der Waals surface area contributed by atoms with Crippen LogP contribution in [0.3, 0.4) is 0 Å². The van der Waals surface area contributed by atoms with Crippen molar-refractivity contribution >= 4 is 10.0 Å². The highest BCUT2D eigenvalue weighted by atomic mass is 32.2. The molecule has 1 rings (SSSR count). The van der Waals surface area contributed by atoms with Crippen molar-refractivity contribution in [1.82, 2.24) is 4.72 Å². The summed E-state index contributed by atoms with van der Waals surface area (Å²) in [4.78, 5) is 0.290. The van der Waals surface area contributed by atoms with Crippen LogP contribution in [0.4, 0.5) is 0 Å². The van der Waals surface area contributed by atoms with Crippen LogP contribution in [0.2, 0.25) is 0 Å². The van der Waals surface area contributed by atoms with E-state index in [4.69, 9.17) is 5.73 Å². The fourth-order valence-electron chi connectivity index (χ4n) is 2.48. The molecule has 1 aromatic carbocycles. The zero-order valence-corrected chi connectivity index (χ0v) is 14.4. The van der Waals surface area contributed by atoms with Crippen LogP contribution in [-0.2, 0) is 10.0 Å². The zero-order valence-electron chi connectivity index (χ0n) is 13.6. The van der Waals surface area contributed by atoms with E-state index in [1.807, 2.05) is 6.92 Å². The molecule has 0 saturated carbocycles. The Balaban J connectivity index is 2.82. The second-order valence-corrected chi connectivity index (χ2v) is 8.13. The number of hydrogen-bond acceptors (Lipinski definition) is 3. The fraction of sp³-hybridized carbons (Fsp3) is 0.625. The highest BCUT2D eigenvalue weighted by molar-refractivity contribution is 7.89. The number of hydrogen-bond donors (Lipinski definition) is 2. The van der Waals surface area contributed by atoms with Crippen LogP contribution in [-0.4, -0.2) is 15.0 Å². The van der Waals surface area contributed by atoms with Crippen molar-refractivity contribution in [3.05, 3.63) is 29.8 Å². The normalized spacial score (nSPS) is 14.1. The summed E-state index contributed by atoms with van der Waals surface area (Å²) >= 11 is 0. The lowest BCUT2D eigenvalue weighted by atomic mass is 9.86. The molecule has 0 heterocycles. The first-order chi connectivity index (χ1) is 9.65. The van der Waals surface area contributed by atoms with Gasteiger partial charge < -0.3 is 5.73 Å². The molecule has 4 nitrogen and oxygen atoms in total. The molecule has 120 valence electrons. The van der Waals surface area contributed by atoms with Crippen molar-refractivity contribution in [2.45, 2.75) is 45.6 Å². The minimum absolute atomic E-state index is 0.0963. The maximum atomic E-state index is 12.3. The molecule has 5 heteroatoms. The third-order valence-corrected chi connectivity index (χ3v) is 5.38. The molecule has 1 unspecified atom stereocenters. The first-order valence-electron chi connectivity index (χ1n) is 7.50. The number of rotatable bonds is 7. The summed E-state index contributed by atoms with van der Waals surface area (Å²) < 4.78 is 27.4. The van der Waals surface area contributed by atoms with Gasteiger partial charge in [0.2, 0.25) is 10.0 Å². The maximum Gasteiger partial charge on any atom is 0.240 e. The second-order valence-electron chi connectivity index (χ2n) is 6.36. The number of nitrogens with one attached hydrogen (secondary N) is 1. The third kappa shape index (κ3) is 5.09. The van der Waals surface area contributed by atoms with Crippen LogP contribution in [0.15, 0.2) is 29.2 Å². The Bertz CT molecular complexity index is 526. The zero-order chi connectivity index (χ0) is 16.2. The summed E-state index contributed by atoms with van der Waals surface area (Å²) in [7, 11) is -3.46. The maximum absolute atomic E-state index is 12.3. The molecular formula is C16H28N2O2S. The fourth-order valence-corrected chi connectivity index (χ4v) is 3.55. The summed E-state index contributed by atoms with van der Waals surface area (Å²) in [5.41, 5.74) is 6.70. The van der Waals surface area contributed by atoms with E-state index in [2.05, 4.69) is 32.4 Å². The van der Waals surface area contributed by atoms with Crippen molar-refractivity contribution in [2.75, 3.05) is 6.54 Å². The average molecular weight is 312 g/mol. The van der Waals surface area contributed by atoms with Crippen LogP contribution in [0, 0.1) is 17.8 Å². The van der Waals surface area contributed by atoms with Crippen molar-refractivity contribution in [1.29, 1.82) is 0 Å². The molecule has 0 bridgehead atoms. The van der Waals surface area contributed by atoms with Gasteiger partial charge in [-0.15, -0.1) is 0 Å². The van der Waals surface area contributed by atoms with E-state index in [9.17, 15) is 8.42 Å². The first-order valence-corrected chi connectivity index (χ1v) is 8.98. The van der Waals surface area contributed by atoms with Crippen molar-refractivity contribution in [2.24, 2.45) is 23.5 Å². The summed E-state index contributed by atoms with van der Waals surface area (Å²) in [5.74, 6) is 1.20. The Morgan fingerprint density at radius 2 is 1.48 bits per heavy atom. The SMILES string of the molecule is CC(N)c1ccc(S(=O)(=O)NCC(C(C)C)C(C)C)cc1. The molecular weight excluding hydrogens is 284 g/mol. The highest BCUT2D eigenvalue weighted by Gasteiger charge is 2.21. The molecule has 0 radical (unpaired) electrons. The molecule has 0 aliphatic heterocycles. The van der Waals surface area contributed by atoms with Crippen molar-refractivity contribution in [3.8, 4) is 0 Å². The summed E-state index contributed by atoms with van der Waals surface area (Å²) in [5, 5.41) is 0. The summed E-state index contributed by atoms with van der Waals surface area (Å²) in [6.07, 6.45) is 0. The molecule has 1 aromatic rings.